The molecule has 0 saturated heterocycles. The summed E-state index contributed by atoms with van der Waals surface area (Å²) in [6.45, 7) is 3.11. The van der Waals surface area contributed by atoms with Crippen molar-refractivity contribution in [3.63, 3.8) is 0 Å². The van der Waals surface area contributed by atoms with Crippen LogP contribution in [0.2, 0.25) is 0 Å². The summed E-state index contributed by atoms with van der Waals surface area (Å²) in [5.41, 5.74) is 11.7. The number of hydrogen-bond donors (Lipinski definition) is 5. The predicted octanol–water partition coefficient (Wildman–Crippen LogP) is 2.80. The summed E-state index contributed by atoms with van der Waals surface area (Å²) < 4.78 is 49.7. The summed E-state index contributed by atoms with van der Waals surface area (Å²) >= 11 is 0. The molecule has 0 bridgehead atoms. The number of hydrazine groups is 1. The van der Waals surface area contributed by atoms with E-state index in [1.165, 1.54) is 19.2 Å². The fraction of sp³-hybridized carbons (Fsp3) is 0.227. The van der Waals surface area contributed by atoms with Crippen LogP contribution in [-0.2, 0) is 0 Å². The van der Waals surface area contributed by atoms with Gasteiger partial charge in [-0.3, -0.25) is 10.6 Å². The number of aryl methyl sites for hydroxylation is 1. The summed E-state index contributed by atoms with van der Waals surface area (Å²) in [4.78, 5) is 19.4. The molecular formula is C22H24F4N6O2. The number of hydrogen-bond acceptors (Lipinski definition) is 7. The highest BCUT2D eigenvalue weighted by Gasteiger charge is 2.54. The number of nitrogens with two attached hydrogens (primary N) is 3. The molecule has 0 aliphatic rings. The number of fused-ring (bicyclic) bond motifs is 1. The van der Waals surface area contributed by atoms with Crippen molar-refractivity contribution in [2.75, 3.05) is 0 Å². The monoisotopic (exact) mass is 480 g/mol. The number of aromatic nitrogens is 2. The molecule has 2 heterocycles. The first-order chi connectivity index (χ1) is 15.8. The van der Waals surface area contributed by atoms with Crippen molar-refractivity contribution in [2.24, 2.45) is 17.3 Å². The van der Waals surface area contributed by atoms with E-state index >= 15 is 0 Å². The second-order valence-electron chi connectivity index (χ2n) is 7.29. The third-order valence-electron chi connectivity index (χ3n) is 4.95. The standard InChI is InChI=1S/C16H12FN3O.C6H12F3N3O/c1-9-2-4-11-12(10-3-5-15(17)19-8-10)7-14(16(18)21)20-13(11)6-9;1-2-5(13,6(7,8)9)4(10)3-12-11/h2-8H,1H3,(H2,18,21);3,12-13H,2,10-11H2,1H3/b;4-3-/t;5-/m.1/s1. The fourth-order valence-corrected chi connectivity index (χ4v) is 3.02. The lowest BCUT2D eigenvalue weighted by Crippen LogP contribution is -2.49. The van der Waals surface area contributed by atoms with Gasteiger partial charge in [0.1, 0.15) is 5.69 Å². The molecule has 0 fully saturated rings. The van der Waals surface area contributed by atoms with E-state index in [0.717, 1.165) is 16.5 Å². The van der Waals surface area contributed by atoms with Crippen molar-refractivity contribution in [2.45, 2.75) is 32.0 Å². The maximum Gasteiger partial charge on any atom is 0.422 e. The molecule has 1 atom stereocenters. The van der Waals surface area contributed by atoms with Gasteiger partial charge in [-0.05, 0) is 48.7 Å². The van der Waals surface area contributed by atoms with Crippen molar-refractivity contribution in [1.82, 2.24) is 15.4 Å². The number of rotatable bonds is 5. The molecule has 3 rings (SSSR count). The Kier molecular flexibility index (Phi) is 8.13. The van der Waals surface area contributed by atoms with E-state index in [4.69, 9.17) is 22.4 Å². The zero-order valence-electron chi connectivity index (χ0n) is 18.3. The molecule has 182 valence electrons. The number of benzene rings is 1. The van der Waals surface area contributed by atoms with Gasteiger partial charge in [0.05, 0.1) is 11.2 Å². The molecule has 8 N–H and O–H groups in total. The predicted molar refractivity (Wildman–Crippen MR) is 119 cm³/mol. The van der Waals surface area contributed by atoms with E-state index in [0.29, 0.717) is 17.3 Å². The first kappa shape index (κ1) is 26.5. The summed E-state index contributed by atoms with van der Waals surface area (Å²) in [5.74, 6) is 3.58. The van der Waals surface area contributed by atoms with E-state index in [2.05, 4.69) is 9.97 Å². The minimum absolute atomic E-state index is 0.174. The Bertz CT molecular complexity index is 1200. The number of aliphatic hydroxyl groups is 1. The first-order valence-corrected chi connectivity index (χ1v) is 9.88. The van der Waals surface area contributed by atoms with E-state index in [-0.39, 0.29) is 5.69 Å². The summed E-state index contributed by atoms with van der Waals surface area (Å²) in [6.07, 6.45) is -3.24. The van der Waals surface area contributed by atoms with Crippen molar-refractivity contribution >= 4 is 16.8 Å². The Hall–Kier alpha value is -3.77. The Morgan fingerprint density at radius 1 is 1.18 bits per heavy atom. The molecular weight excluding hydrogens is 456 g/mol. The second kappa shape index (κ2) is 10.4. The van der Waals surface area contributed by atoms with E-state index < -0.39 is 35.8 Å². The van der Waals surface area contributed by atoms with Crippen LogP contribution in [0.3, 0.4) is 0 Å². The maximum absolute atomic E-state index is 13.0. The fourth-order valence-electron chi connectivity index (χ4n) is 3.02. The lowest BCUT2D eigenvalue weighted by molar-refractivity contribution is -0.245. The van der Waals surface area contributed by atoms with Crippen molar-refractivity contribution in [3.8, 4) is 11.1 Å². The van der Waals surface area contributed by atoms with Gasteiger partial charge in [-0.15, -0.1) is 0 Å². The molecule has 12 heteroatoms. The van der Waals surface area contributed by atoms with Gasteiger partial charge in [-0.2, -0.15) is 17.6 Å². The van der Waals surface area contributed by atoms with Gasteiger partial charge in [0.2, 0.25) is 11.5 Å². The SMILES string of the molecule is CC[C@@](O)(/C(N)=C/NN)C(F)(F)F.Cc1ccc2c(-c3ccc(F)nc3)cc(C(N)=O)nc2c1. The Balaban J connectivity index is 0.000000273. The van der Waals surface area contributed by atoms with Gasteiger partial charge in [0.25, 0.3) is 5.91 Å². The molecule has 0 aliphatic heterocycles. The van der Waals surface area contributed by atoms with Crippen LogP contribution in [0.25, 0.3) is 22.0 Å². The van der Waals surface area contributed by atoms with Gasteiger partial charge >= 0.3 is 6.18 Å². The summed E-state index contributed by atoms with van der Waals surface area (Å²) in [7, 11) is 0. The minimum Gasteiger partial charge on any atom is -0.398 e. The van der Waals surface area contributed by atoms with Crippen LogP contribution in [-0.4, -0.2) is 32.8 Å². The number of nitrogens with zero attached hydrogens (tertiary/aromatic N) is 2. The average molecular weight is 480 g/mol. The van der Waals surface area contributed by atoms with E-state index in [1.54, 1.807) is 12.1 Å². The molecule has 3 aromatic rings. The number of carbonyl (C=O) groups is 1. The van der Waals surface area contributed by atoms with Crippen LogP contribution in [0.1, 0.15) is 29.4 Å². The largest absolute Gasteiger partial charge is 0.422 e. The molecule has 34 heavy (non-hydrogen) atoms. The maximum atomic E-state index is 13.0. The van der Waals surface area contributed by atoms with Crippen LogP contribution in [0.4, 0.5) is 17.6 Å². The van der Waals surface area contributed by atoms with Gasteiger partial charge < -0.3 is 22.0 Å². The summed E-state index contributed by atoms with van der Waals surface area (Å²) in [5, 5.41) is 10.0. The van der Waals surface area contributed by atoms with Gasteiger partial charge in [0.15, 0.2) is 0 Å². The molecule has 0 spiro atoms. The molecule has 0 saturated carbocycles. The van der Waals surface area contributed by atoms with Crippen LogP contribution in [0.15, 0.2) is 54.5 Å². The number of halogens is 4. The lowest BCUT2D eigenvalue weighted by Gasteiger charge is -2.29. The molecule has 1 aromatic carbocycles. The highest BCUT2D eigenvalue weighted by molar-refractivity contribution is 6.00. The van der Waals surface area contributed by atoms with Gasteiger partial charge in [-0.25, -0.2) is 9.97 Å². The highest BCUT2D eigenvalue weighted by Crippen LogP contribution is 2.36. The topological polar surface area (TPSA) is 153 Å². The highest BCUT2D eigenvalue weighted by atomic mass is 19.4. The third kappa shape index (κ3) is 5.77. The Morgan fingerprint density at radius 2 is 1.85 bits per heavy atom. The number of amides is 1. The van der Waals surface area contributed by atoms with Crippen LogP contribution in [0, 0.1) is 12.9 Å². The molecule has 0 radical (unpaired) electrons. The van der Waals surface area contributed by atoms with E-state index in [9.17, 15) is 22.4 Å². The minimum atomic E-state index is -4.81. The van der Waals surface area contributed by atoms with Crippen LogP contribution < -0.4 is 22.7 Å². The molecule has 0 unspecified atom stereocenters. The molecule has 8 nitrogen and oxygen atoms in total. The average Bonchev–Trinajstić information content (AvgIpc) is 2.77. The zero-order valence-corrected chi connectivity index (χ0v) is 18.3. The molecule has 0 aliphatic carbocycles. The number of nitrogens with one attached hydrogen (secondary N) is 1. The smallest absolute Gasteiger partial charge is 0.398 e. The van der Waals surface area contributed by atoms with Crippen molar-refractivity contribution < 1.29 is 27.5 Å². The van der Waals surface area contributed by atoms with Crippen molar-refractivity contribution in [3.05, 3.63) is 71.7 Å². The van der Waals surface area contributed by atoms with Crippen LogP contribution >= 0.6 is 0 Å². The number of pyridine rings is 2. The Morgan fingerprint density at radius 3 is 2.35 bits per heavy atom. The number of alkyl halides is 3. The normalized spacial score (nSPS) is 13.6. The van der Waals surface area contributed by atoms with Crippen LogP contribution in [0.5, 0.6) is 0 Å². The lowest BCUT2D eigenvalue weighted by atomic mass is 9.96. The molecule has 2 aromatic heterocycles. The zero-order chi connectivity index (χ0) is 25.7. The Labute approximate surface area is 192 Å². The van der Waals surface area contributed by atoms with E-state index in [1.807, 2.05) is 30.5 Å². The quantitative estimate of drug-likeness (QED) is 0.163. The number of carbonyl (C=O) groups excluding carboxylic acids is 1. The first-order valence-electron chi connectivity index (χ1n) is 9.88. The third-order valence-corrected chi connectivity index (χ3v) is 4.95. The molecule has 1 amide bonds. The van der Waals surface area contributed by atoms with Gasteiger partial charge in [-0.1, -0.05) is 19.1 Å². The summed E-state index contributed by atoms with van der Waals surface area (Å²) in [6, 6.07) is 10.2. The second-order valence-corrected chi connectivity index (χ2v) is 7.29. The van der Waals surface area contributed by atoms with Gasteiger partial charge in [0, 0.05) is 23.3 Å². The number of primary amides is 1. The van der Waals surface area contributed by atoms with Crippen molar-refractivity contribution in [1.29, 1.82) is 0 Å².